The second-order valence-corrected chi connectivity index (χ2v) is 5.24. The number of nitrogens with zero attached hydrogens (tertiary/aromatic N) is 2. The van der Waals surface area contributed by atoms with Gasteiger partial charge in [0.1, 0.15) is 0 Å². The zero-order valence-electron chi connectivity index (χ0n) is 13.2. The summed E-state index contributed by atoms with van der Waals surface area (Å²) in [5.74, 6) is 0. The summed E-state index contributed by atoms with van der Waals surface area (Å²) in [6, 6.07) is 14.8. The number of hydrogen-bond donors (Lipinski definition) is 1. The lowest BCUT2D eigenvalue weighted by atomic mass is 10.1. The molecule has 1 aromatic heterocycles. The molecule has 1 unspecified atom stereocenters. The first-order valence-corrected chi connectivity index (χ1v) is 7.72. The molecule has 3 heteroatoms. The summed E-state index contributed by atoms with van der Waals surface area (Å²) in [5, 5.41) is 3.59. The van der Waals surface area contributed by atoms with E-state index in [2.05, 4.69) is 66.3 Å². The van der Waals surface area contributed by atoms with E-state index in [9.17, 15) is 0 Å². The first-order chi connectivity index (χ1) is 10.2. The molecule has 1 heterocycles. The van der Waals surface area contributed by atoms with Crippen molar-refractivity contribution in [2.45, 2.75) is 33.4 Å². The predicted octanol–water partition coefficient (Wildman–Crippen LogP) is 4.10. The van der Waals surface area contributed by atoms with Crippen molar-refractivity contribution in [3.05, 3.63) is 59.9 Å². The number of para-hydroxylation sites is 1. The second kappa shape index (κ2) is 7.79. The molecule has 0 spiro atoms. The van der Waals surface area contributed by atoms with Crippen LogP contribution in [0.4, 0.5) is 5.69 Å². The van der Waals surface area contributed by atoms with Crippen LogP contribution in [0, 0.1) is 0 Å². The van der Waals surface area contributed by atoms with Gasteiger partial charge in [-0.1, -0.05) is 38.1 Å². The van der Waals surface area contributed by atoms with Crippen molar-refractivity contribution in [1.82, 2.24) is 9.88 Å². The SMILES string of the molecule is CCN(CC)Cc1ccccc1NC(C)c1ccccn1. The van der Waals surface area contributed by atoms with Gasteiger partial charge in [-0.2, -0.15) is 0 Å². The molecule has 1 N–H and O–H groups in total. The number of hydrogen-bond acceptors (Lipinski definition) is 3. The fraction of sp³-hybridized carbons (Fsp3) is 0.389. The maximum atomic E-state index is 4.42. The molecular formula is C18H25N3. The van der Waals surface area contributed by atoms with Crippen molar-refractivity contribution in [1.29, 1.82) is 0 Å². The van der Waals surface area contributed by atoms with Gasteiger partial charge in [0.05, 0.1) is 11.7 Å². The molecule has 0 amide bonds. The Balaban J connectivity index is 2.13. The maximum Gasteiger partial charge on any atom is 0.0657 e. The van der Waals surface area contributed by atoms with Gasteiger partial charge in [0.15, 0.2) is 0 Å². The van der Waals surface area contributed by atoms with Crippen LogP contribution in [0.1, 0.15) is 38.1 Å². The Kier molecular flexibility index (Phi) is 5.76. The highest BCUT2D eigenvalue weighted by Crippen LogP contribution is 2.22. The largest absolute Gasteiger partial charge is 0.377 e. The van der Waals surface area contributed by atoms with E-state index < -0.39 is 0 Å². The van der Waals surface area contributed by atoms with Gasteiger partial charge >= 0.3 is 0 Å². The quantitative estimate of drug-likeness (QED) is 0.829. The minimum absolute atomic E-state index is 0.198. The Morgan fingerprint density at radius 3 is 2.43 bits per heavy atom. The first kappa shape index (κ1) is 15.5. The van der Waals surface area contributed by atoms with E-state index in [0.717, 1.165) is 25.3 Å². The molecular weight excluding hydrogens is 258 g/mol. The van der Waals surface area contributed by atoms with E-state index in [0.29, 0.717) is 0 Å². The van der Waals surface area contributed by atoms with Gasteiger partial charge in [-0.15, -0.1) is 0 Å². The lowest BCUT2D eigenvalue weighted by molar-refractivity contribution is 0.296. The van der Waals surface area contributed by atoms with Crippen LogP contribution in [0.3, 0.4) is 0 Å². The van der Waals surface area contributed by atoms with Crippen LogP contribution in [0.25, 0.3) is 0 Å². The monoisotopic (exact) mass is 283 g/mol. The average Bonchev–Trinajstić information content (AvgIpc) is 2.54. The molecule has 1 aromatic carbocycles. The summed E-state index contributed by atoms with van der Waals surface area (Å²) >= 11 is 0. The van der Waals surface area contributed by atoms with Crippen LogP contribution < -0.4 is 5.32 Å². The third-order valence-corrected chi connectivity index (χ3v) is 3.81. The van der Waals surface area contributed by atoms with E-state index in [1.165, 1.54) is 11.3 Å². The van der Waals surface area contributed by atoms with Crippen molar-refractivity contribution >= 4 is 5.69 Å². The molecule has 0 saturated heterocycles. The van der Waals surface area contributed by atoms with Crippen LogP contribution >= 0.6 is 0 Å². The molecule has 0 saturated carbocycles. The molecule has 0 radical (unpaired) electrons. The molecule has 0 fully saturated rings. The molecule has 0 aliphatic heterocycles. The summed E-state index contributed by atoms with van der Waals surface area (Å²) in [7, 11) is 0. The minimum atomic E-state index is 0.198. The highest BCUT2D eigenvalue weighted by molar-refractivity contribution is 5.52. The van der Waals surface area contributed by atoms with Gasteiger partial charge in [-0.3, -0.25) is 9.88 Å². The Morgan fingerprint density at radius 1 is 1.05 bits per heavy atom. The van der Waals surface area contributed by atoms with Crippen LogP contribution in [-0.2, 0) is 6.54 Å². The van der Waals surface area contributed by atoms with E-state index in [4.69, 9.17) is 0 Å². The van der Waals surface area contributed by atoms with Gasteiger partial charge in [-0.25, -0.2) is 0 Å². The third kappa shape index (κ3) is 4.30. The average molecular weight is 283 g/mol. The third-order valence-electron chi connectivity index (χ3n) is 3.81. The first-order valence-electron chi connectivity index (χ1n) is 7.72. The van der Waals surface area contributed by atoms with Crippen LogP contribution in [0.2, 0.25) is 0 Å². The lowest BCUT2D eigenvalue weighted by Crippen LogP contribution is -2.23. The van der Waals surface area contributed by atoms with Crippen molar-refractivity contribution in [2.24, 2.45) is 0 Å². The van der Waals surface area contributed by atoms with E-state index in [-0.39, 0.29) is 6.04 Å². The van der Waals surface area contributed by atoms with E-state index in [1.807, 2.05) is 18.3 Å². The van der Waals surface area contributed by atoms with Gasteiger partial charge < -0.3 is 5.32 Å². The van der Waals surface area contributed by atoms with Gasteiger partial charge in [0.25, 0.3) is 0 Å². The molecule has 0 aliphatic rings. The number of pyridine rings is 1. The number of rotatable bonds is 7. The standard InChI is InChI=1S/C18H25N3/c1-4-21(5-2)14-16-10-6-7-12-18(16)20-15(3)17-11-8-9-13-19-17/h6-13,15,20H,4-5,14H2,1-3H3. The molecule has 21 heavy (non-hydrogen) atoms. The van der Waals surface area contributed by atoms with E-state index in [1.54, 1.807) is 0 Å². The Morgan fingerprint density at radius 2 is 1.76 bits per heavy atom. The molecule has 3 nitrogen and oxygen atoms in total. The van der Waals surface area contributed by atoms with Gasteiger partial charge in [0, 0.05) is 18.4 Å². The number of anilines is 1. The summed E-state index contributed by atoms with van der Waals surface area (Å²) in [6.07, 6.45) is 1.84. The number of benzene rings is 1. The molecule has 2 rings (SSSR count). The van der Waals surface area contributed by atoms with Crippen molar-refractivity contribution in [3.63, 3.8) is 0 Å². The van der Waals surface area contributed by atoms with Crippen LogP contribution in [-0.4, -0.2) is 23.0 Å². The van der Waals surface area contributed by atoms with E-state index >= 15 is 0 Å². The number of aromatic nitrogens is 1. The number of nitrogens with one attached hydrogen (secondary N) is 1. The Hall–Kier alpha value is -1.87. The minimum Gasteiger partial charge on any atom is -0.377 e. The normalized spacial score (nSPS) is 12.4. The molecule has 112 valence electrons. The molecule has 0 aliphatic carbocycles. The fourth-order valence-electron chi connectivity index (χ4n) is 2.43. The Bertz CT molecular complexity index is 535. The summed E-state index contributed by atoms with van der Waals surface area (Å²) in [4.78, 5) is 6.85. The smallest absolute Gasteiger partial charge is 0.0657 e. The maximum absolute atomic E-state index is 4.42. The topological polar surface area (TPSA) is 28.2 Å². The molecule has 0 bridgehead atoms. The summed E-state index contributed by atoms with van der Waals surface area (Å²) in [5.41, 5.74) is 3.60. The highest BCUT2D eigenvalue weighted by atomic mass is 15.1. The summed E-state index contributed by atoms with van der Waals surface area (Å²) in [6.45, 7) is 9.68. The molecule has 2 aromatic rings. The van der Waals surface area contributed by atoms with Gasteiger partial charge in [-0.05, 0) is 43.8 Å². The van der Waals surface area contributed by atoms with Crippen molar-refractivity contribution < 1.29 is 0 Å². The zero-order chi connectivity index (χ0) is 15.1. The van der Waals surface area contributed by atoms with Crippen LogP contribution in [0.5, 0.6) is 0 Å². The molecule has 1 atom stereocenters. The van der Waals surface area contributed by atoms with Gasteiger partial charge in [0.2, 0.25) is 0 Å². The predicted molar refractivity (Wildman–Crippen MR) is 89.3 cm³/mol. The zero-order valence-corrected chi connectivity index (χ0v) is 13.2. The van der Waals surface area contributed by atoms with Crippen molar-refractivity contribution in [3.8, 4) is 0 Å². The van der Waals surface area contributed by atoms with Crippen molar-refractivity contribution in [2.75, 3.05) is 18.4 Å². The fourth-order valence-corrected chi connectivity index (χ4v) is 2.43. The second-order valence-electron chi connectivity index (χ2n) is 5.24. The Labute approximate surface area is 128 Å². The van der Waals surface area contributed by atoms with Crippen LogP contribution in [0.15, 0.2) is 48.7 Å². The lowest BCUT2D eigenvalue weighted by Gasteiger charge is -2.22. The summed E-state index contributed by atoms with van der Waals surface area (Å²) < 4.78 is 0. The highest BCUT2D eigenvalue weighted by Gasteiger charge is 2.10.